The average molecular weight is 213 g/mol. The minimum atomic E-state index is -0.301. The van der Waals surface area contributed by atoms with Crippen LogP contribution in [0.15, 0.2) is 0 Å². The molecule has 0 aliphatic carbocycles. The first-order chi connectivity index (χ1) is 7.17. The van der Waals surface area contributed by atoms with E-state index in [0.29, 0.717) is 18.9 Å². The fourth-order valence-electron chi connectivity index (χ4n) is 2.13. The number of amides is 1. The zero-order chi connectivity index (χ0) is 11.3. The molecule has 1 N–H and O–H groups in total. The minimum absolute atomic E-state index is 0.224. The maximum atomic E-state index is 11.9. The van der Waals surface area contributed by atoms with Gasteiger partial charge in [-0.05, 0) is 18.8 Å². The van der Waals surface area contributed by atoms with E-state index >= 15 is 0 Å². The monoisotopic (exact) mass is 213 g/mol. The number of rotatable bonds is 4. The predicted octanol–water partition coefficient (Wildman–Crippen LogP) is 1.80. The van der Waals surface area contributed by atoms with E-state index in [1.165, 1.54) is 0 Å². The molecule has 1 unspecified atom stereocenters. The second-order valence-corrected chi connectivity index (χ2v) is 4.52. The molecule has 3 nitrogen and oxygen atoms in total. The third kappa shape index (κ3) is 3.82. The summed E-state index contributed by atoms with van der Waals surface area (Å²) < 4.78 is 0. The molecule has 1 aliphatic heterocycles. The Bertz CT molecular complexity index is 202. The van der Waals surface area contributed by atoms with Crippen LogP contribution in [0.2, 0.25) is 0 Å². The van der Waals surface area contributed by atoms with Crippen LogP contribution >= 0.6 is 0 Å². The molecular formula is C12H23NO2. The summed E-state index contributed by atoms with van der Waals surface area (Å²) in [6.45, 7) is 5.63. The van der Waals surface area contributed by atoms with Crippen LogP contribution < -0.4 is 0 Å². The second kappa shape index (κ2) is 6.11. The number of nitrogens with zero attached hydrogens (tertiary/aromatic N) is 1. The first kappa shape index (κ1) is 12.5. The molecule has 3 heteroatoms. The molecule has 88 valence electrons. The first-order valence-corrected chi connectivity index (χ1v) is 6.13. The lowest BCUT2D eigenvalue weighted by atomic mass is 9.98. The number of hydrogen-bond acceptors (Lipinski definition) is 2. The van der Waals surface area contributed by atoms with Crippen molar-refractivity contribution in [3.05, 3.63) is 0 Å². The van der Waals surface area contributed by atoms with Gasteiger partial charge in [-0.1, -0.05) is 26.7 Å². The summed E-state index contributed by atoms with van der Waals surface area (Å²) in [5, 5.41) is 9.48. The van der Waals surface area contributed by atoms with E-state index in [1.807, 2.05) is 4.90 Å². The van der Waals surface area contributed by atoms with Crippen molar-refractivity contribution < 1.29 is 9.90 Å². The highest BCUT2D eigenvalue weighted by Crippen LogP contribution is 2.17. The summed E-state index contributed by atoms with van der Waals surface area (Å²) >= 11 is 0. The van der Waals surface area contributed by atoms with Crippen LogP contribution in [0.3, 0.4) is 0 Å². The number of aliphatic hydroxyl groups is 1. The van der Waals surface area contributed by atoms with Crippen molar-refractivity contribution >= 4 is 5.91 Å². The number of hydrogen-bond donors (Lipinski definition) is 1. The van der Waals surface area contributed by atoms with E-state index in [0.717, 1.165) is 32.2 Å². The smallest absolute Gasteiger partial charge is 0.222 e. The molecule has 0 aromatic carbocycles. The van der Waals surface area contributed by atoms with Gasteiger partial charge in [-0.2, -0.15) is 0 Å². The molecule has 1 atom stereocenters. The van der Waals surface area contributed by atoms with Crippen molar-refractivity contribution in [3.63, 3.8) is 0 Å². The number of carbonyl (C=O) groups excluding carboxylic acids is 1. The fraction of sp³-hybridized carbons (Fsp3) is 0.917. The fourth-order valence-corrected chi connectivity index (χ4v) is 2.13. The van der Waals surface area contributed by atoms with Gasteiger partial charge in [-0.25, -0.2) is 0 Å². The largest absolute Gasteiger partial charge is 0.391 e. The Labute approximate surface area is 92.5 Å². The molecule has 0 spiro atoms. The van der Waals surface area contributed by atoms with Crippen molar-refractivity contribution in [2.24, 2.45) is 5.92 Å². The van der Waals surface area contributed by atoms with E-state index < -0.39 is 0 Å². The van der Waals surface area contributed by atoms with Crippen molar-refractivity contribution in [3.8, 4) is 0 Å². The zero-order valence-corrected chi connectivity index (χ0v) is 9.91. The van der Waals surface area contributed by atoms with E-state index in [-0.39, 0.29) is 12.0 Å². The van der Waals surface area contributed by atoms with Crippen molar-refractivity contribution in [2.45, 2.75) is 52.1 Å². The molecule has 1 saturated heterocycles. The molecule has 1 aliphatic rings. The molecule has 0 aromatic heterocycles. The lowest BCUT2D eigenvalue weighted by molar-refractivity contribution is -0.135. The quantitative estimate of drug-likeness (QED) is 0.773. The molecule has 1 amide bonds. The standard InChI is InChI=1S/C12H23NO2/c1-3-10(4-2)8-12(15)13-7-5-6-11(14)9-13/h10-11,14H,3-9H2,1-2H3. The third-order valence-corrected chi connectivity index (χ3v) is 3.37. The van der Waals surface area contributed by atoms with Gasteiger partial charge in [0.05, 0.1) is 6.10 Å². The topological polar surface area (TPSA) is 40.5 Å². The number of β-amino-alcohol motifs (C(OH)–C–C–N with tert-alkyl or cyclic N) is 1. The van der Waals surface area contributed by atoms with Crippen LogP contribution in [-0.2, 0) is 4.79 Å². The van der Waals surface area contributed by atoms with E-state index in [1.54, 1.807) is 0 Å². The average Bonchev–Trinajstić information content (AvgIpc) is 2.25. The summed E-state index contributed by atoms with van der Waals surface area (Å²) in [5.41, 5.74) is 0. The van der Waals surface area contributed by atoms with Gasteiger partial charge < -0.3 is 10.0 Å². The van der Waals surface area contributed by atoms with Crippen LogP contribution in [0.1, 0.15) is 46.0 Å². The van der Waals surface area contributed by atoms with Gasteiger partial charge >= 0.3 is 0 Å². The molecule has 1 heterocycles. The molecule has 0 radical (unpaired) electrons. The maximum absolute atomic E-state index is 11.9. The Kier molecular flexibility index (Phi) is 5.09. The molecule has 0 aromatic rings. The SMILES string of the molecule is CCC(CC)CC(=O)N1CCCC(O)C1. The van der Waals surface area contributed by atoms with Crippen LogP contribution in [-0.4, -0.2) is 35.1 Å². The summed E-state index contributed by atoms with van der Waals surface area (Å²) in [5.74, 6) is 0.735. The van der Waals surface area contributed by atoms with E-state index in [4.69, 9.17) is 0 Å². The van der Waals surface area contributed by atoms with Gasteiger partial charge in [-0.3, -0.25) is 4.79 Å². The molecule has 1 rings (SSSR count). The Morgan fingerprint density at radius 1 is 1.47 bits per heavy atom. The van der Waals surface area contributed by atoms with Gasteiger partial charge in [0, 0.05) is 19.5 Å². The number of piperidine rings is 1. The Balaban J connectivity index is 2.38. The molecule has 0 bridgehead atoms. The first-order valence-electron chi connectivity index (χ1n) is 6.13. The summed E-state index contributed by atoms with van der Waals surface area (Å²) in [6, 6.07) is 0. The maximum Gasteiger partial charge on any atom is 0.222 e. The number of carbonyl (C=O) groups is 1. The predicted molar refractivity (Wildman–Crippen MR) is 60.5 cm³/mol. The molecule has 15 heavy (non-hydrogen) atoms. The molecule has 0 saturated carbocycles. The van der Waals surface area contributed by atoms with Crippen LogP contribution in [0, 0.1) is 5.92 Å². The highest BCUT2D eigenvalue weighted by atomic mass is 16.3. The molecular weight excluding hydrogens is 190 g/mol. The van der Waals surface area contributed by atoms with E-state index in [9.17, 15) is 9.90 Å². The van der Waals surface area contributed by atoms with Crippen LogP contribution in [0.4, 0.5) is 0 Å². The summed E-state index contributed by atoms with van der Waals surface area (Å²) in [4.78, 5) is 13.7. The van der Waals surface area contributed by atoms with Gasteiger partial charge in [0.15, 0.2) is 0 Å². The summed E-state index contributed by atoms with van der Waals surface area (Å²) in [6.07, 6.45) is 4.27. The molecule has 1 fully saturated rings. The highest BCUT2D eigenvalue weighted by Gasteiger charge is 2.23. The van der Waals surface area contributed by atoms with Crippen molar-refractivity contribution in [1.82, 2.24) is 4.90 Å². The number of aliphatic hydroxyl groups excluding tert-OH is 1. The normalized spacial score (nSPS) is 22.1. The van der Waals surface area contributed by atoms with Crippen LogP contribution in [0.5, 0.6) is 0 Å². The second-order valence-electron chi connectivity index (χ2n) is 4.52. The van der Waals surface area contributed by atoms with E-state index in [2.05, 4.69) is 13.8 Å². The third-order valence-electron chi connectivity index (χ3n) is 3.37. The highest BCUT2D eigenvalue weighted by molar-refractivity contribution is 5.76. The lowest BCUT2D eigenvalue weighted by Gasteiger charge is -2.31. The van der Waals surface area contributed by atoms with Gasteiger partial charge in [-0.15, -0.1) is 0 Å². The summed E-state index contributed by atoms with van der Waals surface area (Å²) in [7, 11) is 0. The van der Waals surface area contributed by atoms with Crippen LogP contribution in [0.25, 0.3) is 0 Å². The van der Waals surface area contributed by atoms with Gasteiger partial charge in [0.25, 0.3) is 0 Å². The lowest BCUT2D eigenvalue weighted by Crippen LogP contribution is -2.42. The Morgan fingerprint density at radius 3 is 2.67 bits per heavy atom. The van der Waals surface area contributed by atoms with Crippen molar-refractivity contribution in [1.29, 1.82) is 0 Å². The van der Waals surface area contributed by atoms with Gasteiger partial charge in [0.2, 0.25) is 5.91 Å². The van der Waals surface area contributed by atoms with Gasteiger partial charge in [0.1, 0.15) is 0 Å². The minimum Gasteiger partial charge on any atom is -0.391 e. The Hall–Kier alpha value is -0.570. The zero-order valence-electron chi connectivity index (χ0n) is 9.91. The number of likely N-dealkylation sites (tertiary alicyclic amines) is 1. The Morgan fingerprint density at radius 2 is 2.13 bits per heavy atom. The van der Waals surface area contributed by atoms with Crippen molar-refractivity contribution in [2.75, 3.05) is 13.1 Å².